The lowest BCUT2D eigenvalue weighted by Crippen LogP contribution is -2.45. The fourth-order valence-electron chi connectivity index (χ4n) is 3.83. The number of piperidine rings is 1. The van der Waals surface area contributed by atoms with Gasteiger partial charge in [-0.05, 0) is 63.1 Å². The Morgan fingerprint density at radius 3 is 2.41 bits per heavy atom. The highest BCUT2D eigenvalue weighted by atomic mass is 16.4. The highest BCUT2D eigenvalue weighted by Crippen LogP contribution is 2.30. The molecule has 1 N–H and O–H groups in total. The van der Waals surface area contributed by atoms with Gasteiger partial charge in [-0.15, -0.1) is 0 Å². The molecule has 0 bridgehead atoms. The molecule has 3 heteroatoms. The highest BCUT2D eigenvalue weighted by molar-refractivity contribution is 5.89. The Morgan fingerprint density at radius 1 is 0.955 bits per heavy atom. The van der Waals surface area contributed by atoms with E-state index in [0.29, 0.717) is 12.0 Å². The average molecular weight is 298 g/mol. The molecule has 3 nitrogen and oxygen atoms in total. The van der Waals surface area contributed by atoms with Crippen molar-refractivity contribution in [3.05, 3.63) is 48.0 Å². The van der Waals surface area contributed by atoms with Gasteiger partial charge in [0, 0.05) is 0 Å². The molecule has 0 spiro atoms. The molecule has 1 aliphatic carbocycles. The van der Waals surface area contributed by atoms with Gasteiger partial charge < -0.3 is 5.21 Å². The number of nitrogens with zero attached hydrogens (tertiary/aromatic N) is 2. The summed E-state index contributed by atoms with van der Waals surface area (Å²) in [5.41, 5.74) is 2.45. The monoisotopic (exact) mass is 298 g/mol. The predicted molar refractivity (Wildman–Crippen MR) is 90.6 cm³/mol. The smallest absolute Gasteiger partial charge is 0.0745 e. The fraction of sp³-hybridized carbons (Fsp3) is 0.526. The summed E-state index contributed by atoms with van der Waals surface area (Å²) >= 11 is 0. The first-order chi connectivity index (χ1) is 10.9. The zero-order valence-electron chi connectivity index (χ0n) is 13.2. The molecule has 2 aliphatic rings. The highest BCUT2D eigenvalue weighted by Gasteiger charge is 2.28. The summed E-state index contributed by atoms with van der Waals surface area (Å²) in [7, 11) is 0. The maximum atomic E-state index is 9.38. The van der Waals surface area contributed by atoms with Crippen LogP contribution in [0.15, 0.2) is 47.6 Å². The minimum absolute atomic E-state index is 0.326. The maximum Gasteiger partial charge on any atom is 0.0745 e. The standard InChI is InChI=1S/C19H26N2O/c22-20-18-10-6-1-2-7-11-19(18)21-14-12-17(13-15-21)16-8-4-3-5-9-16/h1-5,8-9,17,19,22H,6-7,10-15H2/b2-1-,20-18-. The number of hydrogen-bond donors (Lipinski definition) is 1. The van der Waals surface area contributed by atoms with E-state index in [4.69, 9.17) is 0 Å². The molecule has 3 rings (SSSR count). The van der Waals surface area contributed by atoms with Crippen LogP contribution in [0, 0.1) is 0 Å². The first kappa shape index (κ1) is 15.3. The van der Waals surface area contributed by atoms with Crippen LogP contribution >= 0.6 is 0 Å². The second kappa shape index (κ2) is 7.59. The minimum Gasteiger partial charge on any atom is -0.411 e. The molecule has 1 fully saturated rings. The Balaban J connectivity index is 1.63. The minimum atomic E-state index is 0.326. The van der Waals surface area contributed by atoms with Gasteiger partial charge >= 0.3 is 0 Å². The molecule has 0 radical (unpaired) electrons. The molecular weight excluding hydrogens is 272 g/mol. The largest absolute Gasteiger partial charge is 0.411 e. The van der Waals surface area contributed by atoms with Crippen molar-refractivity contribution in [2.75, 3.05) is 13.1 Å². The third kappa shape index (κ3) is 3.58. The van der Waals surface area contributed by atoms with Crippen LogP contribution in [0.5, 0.6) is 0 Å². The van der Waals surface area contributed by atoms with Crippen molar-refractivity contribution in [2.45, 2.75) is 50.5 Å². The van der Waals surface area contributed by atoms with Crippen molar-refractivity contribution in [2.24, 2.45) is 5.16 Å². The molecule has 1 aromatic rings. The SMILES string of the molecule is O/N=C1/CC/C=C\CCC1N1CCC(c2ccccc2)CC1. The van der Waals surface area contributed by atoms with Crippen molar-refractivity contribution in [3.8, 4) is 0 Å². The van der Waals surface area contributed by atoms with Crippen LogP contribution in [0.25, 0.3) is 0 Å². The van der Waals surface area contributed by atoms with Gasteiger partial charge in [0.05, 0.1) is 11.8 Å². The first-order valence-electron chi connectivity index (χ1n) is 8.53. The van der Waals surface area contributed by atoms with Gasteiger partial charge in [-0.3, -0.25) is 4.90 Å². The van der Waals surface area contributed by atoms with E-state index >= 15 is 0 Å². The van der Waals surface area contributed by atoms with Gasteiger partial charge in [0.25, 0.3) is 0 Å². The fourth-order valence-corrected chi connectivity index (χ4v) is 3.83. The number of oxime groups is 1. The number of likely N-dealkylation sites (tertiary alicyclic amines) is 1. The average Bonchev–Trinajstić information content (AvgIpc) is 2.56. The van der Waals surface area contributed by atoms with E-state index in [2.05, 4.69) is 52.5 Å². The molecule has 1 aromatic carbocycles. The summed E-state index contributed by atoms with van der Waals surface area (Å²) in [4.78, 5) is 2.54. The Morgan fingerprint density at radius 2 is 1.68 bits per heavy atom. The summed E-state index contributed by atoms with van der Waals surface area (Å²) in [6.45, 7) is 2.21. The number of hydrogen-bond acceptors (Lipinski definition) is 3. The van der Waals surface area contributed by atoms with Crippen LogP contribution in [0.3, 0.4) is 0 Å². The lowest BCUT2D eigenvalue weighted by Gasteiger charge is -2.38. The molecule has 1 aliphatic heterocycles. The van der Waals surface area contributed by atoms with Crippen molar-refractivity contribution in [1.29, 1.82) is 0 Å². The summed E-state index contributed by atoms with van der Waals surface area (Å²) < 4.78 is 0. The molecule has 118 valence electrons. The van der Waals surface area contributed by atoms with Crippen LogP contribution in [0.4, 0.5) is 0 Å². The Bertz CT molecular complexity index is 515. The van der Waals surface area contributed by atoms with Gasteiger partial charge in [0.2, 0.25) is 0 Å². The van der Waals surface area contributed by atoms with Gasteiger partial charge in [-0.25, -0.2) is 0 Å². The maximum absolute atomic E-state index is 9.38. The van der Waals surface area contributed by atoms with Crippen LogP contribution in [-0.2, 0) is 0 Å². The number of rotatable bonds is 2. The van der Waals surface area contributed by atoms with Crippen LogP contribution in [-0.4, -0.2) is 35.0 Å². The van der Waals surface area contributed by atoms with Crippen molar-refractivity contribution >= 4 is 5.71 Å². The van der Waals surface area contributed by atoms with E-state index in [1.54, 1.807) is 0 Å². The Kier molecular flexibility index (Phi) is 5.28. The van der Waals surface area contributed by atoms with Gasteiger partial charge in [-0.2, -0.15) is 0 Å². The quantitative estimate of drug-likeness (QED) is 0.505. The second-order valence-corrected chi connectivity index (χ2v) is 6.42. The summed E-state index contributed by atoms with van der Waals surface area (Å²) in [6.07, 6.45) is 10.9. The summed E-state index contributed by atoms with van der Waals surface area (Å²) in [5, 5.41) is 13.0. The van der Waals surface area contributed by atoms with E-state index in [0.717, 1.165) is 44.5 Å². The third-order valence-electron chi connectivity index (χ3n) is 5.09. The zero-order chi connectivity index (χ0) is 15.2. The van der Waals surface area contributed by atoms with Gasteiger partial charge in [0.1, 0.15) is 0 Å². The van der Waals surface area contributed by atoms with Crippen LogP contribution in [0.1, 0.15) is 50.0 Å². The molecule has 0 aromatic heterocycles. The molecule has 1 atom stereocenters. The summed E-state index contributed by atoms with van der Waals surface area (Å²) in [5.74, 6) is 0.681. The molecule has 0 saturated carbocycles. The van der Waals surface area contributed by atoms with Gasteiger partial charge in [0.15, 0.2) is 0 Å². The zero-order valence-corrected chi connectivity index (χ0v) is 13.2. The lowest BCUT2D eigenvalue weighted by molar-refractivity contribution is 0.176. The first-order valence-corrected chi connectivity index (χ1v) is 8.53. The van der Waals surface area contributed by atoms with E-state index < -0.39 is 0 Å². The van der Waals surface area contributed by atoms with E-state index in [1.165, 1.54) is 18.4 Å². The molecule has 0 amide bonds. The molecule has 1 heterocycles. The second-order valence-electron chi connectivity index (χ2n) is 6.42. The van der Waals surface area contributed by atoms with Crippen molar-refractivity contribution in [1.82, 2.24) is 4.90 Å². The molecule has 22 heavy (non-hydrogen) atoms. The predicted octanol–water partition coefficient (Wildman–Crippen LogP) is 4.20. The normalized spacial score (nSPS) is 28.2. The lowest BCUT2D eigenvalue weighted by atomic mass is 9.87. The van der Waals surface area contributed by atoms with Crippen molar-refractivity contribution < 1.29 is 5.21 Å². The molecule has 1 unspecified atom stereocenters. The topological polar surface area (TPSA) is 35.8 Å². The van der Waals surface area contributed by atoms with Crippen molar-refractivity contribution in [3.63, 3.8) is 0 Å². The molecule has 1 saturated heterocycles. The van der Waals surface area contributed by atoms with Crippen LogP contribution < -0.4 is 0 Å². The Labute approximate surface area is 133 Å². The third-order valence-corrected chi connectivity index (χ3v) is 5.09. The summed E-state index contributed by atoms with van der Waals surface area (Å²) in [6, 6.07) is 11.2. The van der Waals surface area contributed by atoms with E-state index in [1.807, 2.05) is 0 Å². The van der Waals surface area contributed by atoms with Gasteiger partial charge in [-0.1, -0.05) is 47.6 Å². The molecular formula is C19H26N2O. The van der Waals surface area contributed by atoms with E-state index in [9.17, 15) is 5.21 Å². The number of benzene rings is 1. The van der Waals surface area contributed by atoms with Crippen LogP contribution in [0.2, 0.25) is 0 Å². The Hall–Kier alpha value is -1.61. The number of allylic oxidation sites excluding steroid dienone is 2. The van der Waals surface area contributed by atoms with E-state index in [-0.39, 0.29) is 0 Å².